The van der Waals surface area contributed by atoms with Crippen molar-refractivity contribution in [3.05, 3.63) is 55.0 Å². The number of fused-ring (bicyclic) bond motifs is 2. The average molecular weight is 346 g/mol. The lowest BCUT2D eigenvalue weighted by Crippen LogP contribution is -2.31. The van der Waals surface area contributed by atoms with Crippen LogP contribution < -0.4 is 11.1 Å². The van der Waals surface area contributed by atoms with Gasteiger partial charge in [-0.1, -0.05) is 18.6 Å². The van der Waals surface area contributed by atoms with Gasteiger partial charge in [0.2, 0.25) is 5.95 Å². The highest BCUT2D eigenvalue weighted by atomic mass is 15.3. The Morgan fingerprint density at radius 1 is 1.15 bits per heavy atom. The van der Waals surface area contributed by atoms with Crippen LogP contribution in [0.4, 0.5) is 5.95 Å². The van der Waals surface area contributed by atoms with E-state index in [1.165, 1.54) is 19.3 Å². The van der Waals surface area contributed by atoms with Crippen molar-refractivity contribution in [2.24, 2.45) is 0 Å². The minimum atomic E-state index is 0.266. The fourth-order valence-electron chi connectivity index (χ4n) is 3.10. The summed E-state index contributed by atoms with van der Waals surface area (Å²) in [6, 6.07) is 13.1. The second-order valence-corrected chi connectivity index (χ2v) is 6.50. The second kappa shape index (κ2) is 7.09. The third kappa shape index (κ3) is 3.23. The molecule has 1 aliphatic carbocycles. The van der Waals surface area contributed by atoms with Crippen LogP contribution in [0.2, 0.25) is 0 Å². The number of nitrogens with two attached hydrogens (primary N) is 1. The lowest BCUT2D eigenvalue weighted by molar-refractivity contribution is 0.361. The van der Waals surface area contributed by atoms with Crippen molar-refractivity contribution in [2.45, 2.75) is 25.3 Å². The van der Waals surface area contributed by atoms with Gasteiger partial charge in [-0.05, 0) is 49.7 Å². The largest absolute Gasteiger partial charge is 0.367 e. The quantitative estimate of drug-likeness (QED) is 0.582. The number of pyridine rings is 1. The highest BCUT2D eigenvalue weighted by Gasteiger charge is 2.13. The Morgan fingerprint density at radius 2 is 2.04 bits per heavy atom. The Kier molecular flexibility index (Phi) is 4.50. The van der Waals surface area contributed by atoms with Gasteiger partial charge in [-0.3, -0.25) is 4.98 Å². The van der Waals surface area contributed by atoms with Gasteiger partial charge in [0, 0.05) is 29.4 Å². The first kappa shape index (κ1) is 16.5. The van der Waals surface area contributed by atoms with Gasteiger partial charge >= 0.3 is 0 Å². The number of anilines is 1. The van der Waals surface area contributed by atoms with E-state index < -0.39 is 0 Å². The molecule has 0 atom stereocenters. The topological polar surface area (TPSA) is 81.1 Å². The van der Waals surface area contributed by atoms with E-state index in [0.717, 1.165) is 33.6 Å². The van der Waals surface area contributed by atoms with Crippen LogP contribution in [0.5, 0.6) is 0 Å². The van der Waals surface area contributed by atoms with E-state index in [1.54, 1.807) is 16.9 Å². The molecule has 132 valence electrons. The van der Waals surface area contributed by atoms with Crippen LogP contribution in [0.3, 0.4) is 0 Å². The molecule has 0 saturated heterocycles. The van der Waals surface area contributed by atoms with Crippen molar-refractivity contribution >= 4 is 22.4 Å². The molecule has 0 aliphatic heterocycles. The second-order valence-electron chi connectivity index (χ2n) is 6.50. The van der Waals surface area contributed by atoms with Crippen molar-refractivity contribution in [2.75, 3.05) is 12.8 Å². The van der Waals surface area contributed by atoms with Crippen LogP contribution in [0, 0.1) is 0 Å². The fraction of sp³-hybridized carbons (Fsp3) is 0.250. The molecule has 5 rings (SSSR count). The summed E-state index contributed by atoms with van der Waals surface area (Å²) in [4.78, 5) is 8.39. The van der Waals surface area contributed by atoms with E-state index in [-0.39, 0.29) is 5.95 Å². The first-order chi connectivity index (χ1) is 12.7. The predicted octanol–water partition coefficient (Wildman–Crippen LogP) is 3.29. The number of nitrogens with one attached hydrogen (secondary N) is 1. The van der Waals surface area contributed by atoms with Crippen molar-refractivity contribution < 1.29 is 0 Å². The van der Waals surface area contributed by atoms with E-state index in [9.17, 15) is 0 Å². The molecule has 1 aliphatic rings. The highest BCUT2D eigenvalue weighted by molar-refractivity contribution is 5.88. The zero-order chi connectivity index (χ0) is 17.9. The maximum absolute atomic E-state index is 5.59. The molecule has 4 aromatic rings. The minimum absolute atomic E-state index is 0.266. The van der Waals surface area contributed by atoms with Crippen molar-refractivity contribution in [3.63, 3.8) is 0 Å². The summed E-state index contributed by atoms with van der Waals surface area (Å²) in [6.45, 7) is 0. The summed E-state index contributed by atoms with van der Waals surface area (Å²) < 4.78 is 1.74. The van der Waals surface area contributed by atoms with Crippen molar-refractivity contribution in [1.82, 2.24) is 24.9 Å². The molecule has 0 unspecified atom stereocenters. The van der Waals surface area contributed by atoms with Gasteiger partial charge in [0.1, 0.15) is 0 Å². The molecule has 3 heterocycles. The van der Waals surface area contributed by atoms with E-state index in [1.807, 2.05) is 31.4 Å². The van der Waals surface area contributed by atoms with Gasteiger partial charge in [0.15, 0.2) is 0 Å². The molecule has 3 N–H and O–H groups in total. The van der Waals surface area contributed by atoms with Crippen LogP contribution in [0.15, 0.2) is 55.0 Å². The molecule has 6 nitrogen and oxygen atoms in total. The van der Waals surface area contributed by atoms with E-state index in [0.29, 0.717) is 0 Å². The summed E-state index contributed by atoms with van der Waals surface area (Å²) in [6.07, 6.45) is 9.66. The third-order valence-electron chi connectivity index (χ3n) is 4.86. The minimum Gasteiger partial charge on any atom is -0.367 e. The normalized spacial score (nSPS) is 14.0. The third-order valence-corrected chi connectivity index (χ3v) is 4.86. The zero-order valence-electron chi connectivity index (χ0n) is 14.8. The summed E-state index contributed by atoms with van der Waals surface area (Å²) in [5.74, 6) is 0.266. The first-order valence-corrected chi connectivity index (χ1v) is 8.87. The summed E-state index contributed by atoms with van der Waals surface area (Å²) in [5, 5.41) is 8.47. The standard InChI is InChI=1S/C15H11N5.C5H11N/c16-15-18-9-14-12(5-7-20(14)19-15)10-3-4-13-11(8-10)2-1-6-17-13;1-6-5-3-2-4-5/h1-9H,(H2,16,19);5-6H,2-4H2,1H3. The molecule has 1 fully saturated rings. The van der Waals surface area contributed by atoms with Gasteiger partial charge in [0.05, 0.1) is 17.2 Å². The molecule has 0 radical (unpaired) electrons. The number of benzene rings is 1. The molecule has 1 aromatic carbocycles. The van der Waals surface area contributed by atoms with Crippen LogP contribution in [0.1, 0.15) is 19.3 Å². The number of rotatable bonds is 2. The maximum Gasteiger partial charge on any atom is 0.238 e. The van der Waals surface area contributed by atoms with Crippen LogP contribution >= 0.6 is 0 Å². The SMILES string of the molecule is CNC1CCC1.Nc1ncc2c(-c3ccc4ncccc4c3)ccn2n1. The molecule has 0 amide bonds. The highest BCUT2D eigenvalue weighted by Crippen LogP contribution is 2.27. The predicted molar refractivity (Wildman–Crippen MR) is 105 cm³/mol. The molecule has 0 bridgehead atoms. The Hall–Kier alpha value is -2.99. The molecule has 0 spiro atoms. The number of hydrogen-bond donors (Lipinski definition) is 2. The summed E-state index contributed by atoms with van der Waals surface area (Å²) in [7, 11) is 2.03. The molecular weight excluding hydrogens is 324 g/mol. The van der Waals surface area contributed by atoms with Gasteiger partial charge in [0.25, 0.3) is 0 Å². The monoisotopic (exact) mass is 346 g/mol. The summed E-state index contributed by atoms with van der Waals surface area (Å²) >= 11 is 0. The Bertz CT molecular complexity index is 1030. The molecular formula is C20H22N6. The van der Waals surface area contributed by atoms with Crippen molar-refractivity contribution in [3.8, 4) is 11.1 Å². The number of nitrogens with zero attached hydrogens (tertiary/aromatic N) is 4. The van der Waals surface area contributed by atoms with Gasteiger partial charge < -0.3 is 11.1 Å². The number of aromatic nitrogens is 4. The van der Waals surface area contributed by atoms with E-state index >= 15 is 0 Å². The Labute approximate surface area is 152 Å². The smallest absolute Gasteiger partial charge is 0.238 e. The lowest BCUT2D eigenvalue weighted by Gasteiger charge is -2.23. The van der Waals surface area contributed by atoms with Crippen LogP contribution in [-0.4, -0.2) is 32.7 Å². The van der Waals surface area contributed by atoms with Gasteiger partial charge in [-0.15, -0.1) is 5.10 Å². The lowest BCUT2D eigenvalue weighted by atomic mass is 9.94. The summed E-state index contributed by atoms with van der Waals surface area (Å²) in [5.41, 5.74) is 9.71. The van der Waals surface area contributed by atoms with Gasteiger partial charge in [-0.25, -0.2) is 9.50 Å². The fourth-order valence-corrected chi connectivity index (χ4v) is 3.10. The van der Waals surface area contributed by atoms with E-state index in [4.69, 9.17) is 5.73 Å². The molecule has 1 saturated carbocycles. The number of nitrogen functional groups attached to an aromatic ring is 1. The van der Waals surface area contributed by atoms with Gasteiger partial charge in [-0.2, -0.15) is 0 Å². The maximum atomic E-state index is 5.59. The van der Waals surface area contributed by atoms with Crippen LogP contribution in [-0.2, 0) is 0 Å². The van der Waals surface area contributed by atoms with Crippen LogP contribution in [0.25, 0.3) is 27.5 Å². The Morgan fingerprint density at radius 3 is 2.77 bits per heavy atom. The van der Waals surface area contributed by atoms with Crippen molar-refractivity contribution in [1.29, 1.82) is 0 Å². The van der Waals surface area contributed by atoms with E-state index in [2.05, 4.69) is 38.6 Å². The molecule has 26 heavy (non-hydrogen) atoms. The average Bonchev–Trinajstić information content (AvgIpc) is 3.04. The first-order valence-electron chi connectivity index (χ1n) is 8.87. The molecule has 6 heteroatoms. The zero-order valence-corrected chi connectivity index (χ0v) is 14.8. The molecule has 3 aromatic heterocycles. The number of hydrogen-bond acceptors (Lipinski definition) is 5. The Balaban J connectivity index is 0.000000240.